The summed E-state index contributed by atoms with van der Waals surface area (Å²) in [5, 5.41) is 5.86. The molecule has 3 nitrogen and oxygen atoms in total. The van der Waals surface area contributed by atoms with Crippen LogP contribution < -0.4 is 10.6 Å². The van der Waals surface area contributed by atoms with Crippen molar-refractivity contribution in [3.8, 4) is 0 Å². The van der Waals surface area contributed by atoms with Crippen molar-refractivity contribution >= 4 is 23.2 Å². The molecule has 5 heteroatoms. The number of benzene rings is 1. The van der Waals surface area contributed by atoms with Crippen LogP contribution in [0.1, 0.15) is 17.5 Å². The van der Waals surface area contributed by atoms with Crippen LogP contribution in [-0.4, -0.2) is 11.0 Å². The third-order valence-corrected chi connectivity index (χ3v) is 3.47. The average molecular weight is 236 g/mol. The quantitative estimate of drug-likeness (QED) is 0.660. The predicted octanol–water partition coefficient (Wildman–Crippen LogP) is 0.972. The average Bonchev–Trinajstić information content (AvgIpc) is 2.72. The molecule has 1 heterocycles. The fraction of sp³-hybridized carbons (Fsp3) is 0.273. The largest absolute Gasteiger partial charge is 0.344 e. The number of halogens is 1. The molecule has 0 bridgehead atoms. The van der Waals surface area contributed by atoms with Gasteiger partial charge in [-0.05, 0) is 42.3 Å². The Morgan fingerprint density at radius 3 is 2.94 bits per heavy atom. The number of amides is 1. The lowest BCUT2D eigenvalue weighted by Gasteiger charge is -2.21. The topological polar surface area (TPSA) is 41.1 Å². The summed E-state index contributed by atoms with van der Waals surface area (Å²) >= 11 is 4.93. The van der Waals surface area contributed by atoms with Gasteiger partial charge in [-0.15, -0.1) is 0 Å². The zero-order chi connectivity index (χ0) is 11.3. The van der Waals surface area contributed by atoms with E-state index in [2.05, 4.69) is 10.6 Å². The lowest BCUT2D eigenvalue weighted by molar-refractivity contribution is -0.124. The van der Waals surface area contributed by atoms with Gasteiger partial charge in [0.1, 0.15) is 11.4 Å². The number of fused-ring (bicyclic) bond motifs is 2. The molecule has 1 amide bonds. The van der Waals surface area contributed by atoms with E-state index >= 15 is 0 Å². The van der Waals surface area contributed by atoms with Crippen molar-refractivity contribution in [2.45, 2.75) is 18.4 Å². The number of carbonyl (C=O) groups excluding carboxylic acids is 1. The highest BCUT2D eigenvalue weighted by Crippen LogP contribution is 2.39. The maximum atomic E-state index is 13.6. The third-order valence-electron chi connectivity index (χ3n) is 3.27. The van der Waals surface area contributed by atoms with E-state index in [1.54, 1.807) is 12.1 Å². The second kappa shape index (κ2) is 3.01. The van der Waals surface area contributed by atoms with E-state index in [0.717, 1.165) is 0 Å². The van der Waals surface area contributed by atoms with Gasteiger partial charge in [-0.3, -0.25) is 4.79 Å². The monoisotopic (exact) mass is 236 g/mol. The summed E-state index contributed by atoms with van der Waals surface area (Å²) in [6, 6.07) is 4.83. The number of nitrogens with one attached hydrogen (secondary N) is 2. The van der Waals surface area contributed by atoms with Crippen molar-refractivity contribution in [1.29, 1.82) is 0 Å². The van der Waals surface area contributed by atoms with Gasteiger partial charge in [0, 0.05) is 0 Å². The summed E-state index contributed by atoms with van der Waals surface area (Å²) in [5.74, 6) is -0.427. The molecule has 0 aromatic heterocycles. The molecule has 3 rings (SSSR count). The summed E-state index contributed by atoms with van der Waals surface area (Å²) in [6.45, 7) is 0. The second-order valence-corrected chi connectivity index (χ2v) is 4.49. The van der Waals surface area contributed by atoms with Crippen molar-refractivity contribution < 1.29 is 9.18 Å². The summed E-state index contributed by atoms with van der Waals surface area (Å²) in [4.78, 5) is 11.9. The highest BCUT2D eigenvalue weighted by Gasteiger charge is 2.50. The minimum Gasteiger partial charge on any atom is -0.344 e. The zero-order valence-electron chi connectivity index (χ0n) is 8.34. The van der Waals surface area contributed by atoms with E-state index in [0.29, 0.717) is 29.1 Å². The lowest BCUT2D eigenvalue weighted by atomic mass is 9.92. The number of hydrogen-bond acceptors (Lipinski definition) is 2. The first kappa shape index (κ1) is 9.72. The molecular formula is C11H9FN2OS. The van der Waals surface area contributed by atoms with Gasteiger partial charge in [-0.1, -0.05) is 12.1 Å². The van der Waals surface area contributed by atoms with Gasteiger partial charge in [0.2, 0.25) is 0 Å². The van der Waals surface area contributed by atoms with Crippen LogP contribution in [0.3, 0.4) is 0 Å². The summed E-state index contributed by atoms with van der Waals surface area (Å²) in [7, 11) is 0. The minimum absolute atomic E-state index is 0.179. The summed E-state index contributed by atoms with van der Waals surface area (Å²) in [5.41, 5.74) is 0.494. The van der Waals surface area contributed by atoms with Crippen molar-refractivity contribution in [3.63, 3.8) is 0 Å². The maximum Gasteiger partial charge on any atom is 0.256 e. The van der Waals surface area contributed by atoms with Crippen LogP contribution in [0.4, 0.5) is 4.39 Å². The minimum atomic E-state index is -0.839. The van der Waals surface area contributed by atoms with Crippen LogP contribution in [0, 0.1) is 5.82 Å². The van der Waals surface area contributed by atoms with Gasteiger partial charge in [0.15, 0.2) is 5.11 Å². The molecule has 2 aliphatic rings. The molecule has 1 saturated heterocycles. The Balaban J connectivity index is 2.19. The summed E-state index contributed by atoms with van der Waals surface area (Å²) in [6.07, 6.45) is 1.11. The van der Waals surface area contributed by atoms with Crippen LogP contribution in [0.5, 0.6) is 0 Å². The predicted molar refractivity (Wildman–Crippen MR) is 60.3 cm³/mol. The van der Waals surface area contributed by atoms with Crippen LogP contribution >= 0.6 is 12.2 Å². The van der Waals surface area contributed by atoms with Gasteiger partial charge in [0.05, 0.1) is 0 Å². The molecule has 1 aromatic rings. The smallest absolute Gasteiger partial charge is 0.256 e. The second-order valence-electron chi connectivity index (χ2n) is 4.08. The molecule has 1 spiro atoms. The molecule has 16 heavy (non-hydrogen) atoms. The maximum absolute atomic E-state index is 13.6. The standard InChI is InChI=1S/C11H9FN2OS/c12-8-3-1-2-7-6(8)4-5-11(7)9(15)13-10(16)14-11/h1-3H,4-5H2,(H2,13,14,15,16). The van der Waals surface area contributed by atoms with Gasteiger partial charge < -0.3 is 10.6 Å². The van der Waals surface area contributed by atoms with Crippen LogP contribution in [-0.2, 0) is 16.8 Å². The molecule has 1 aliphatic heterocycles. The van der Waals surface area contributed by atoms with Crippen molar-refractivity contribution in [3.05, 3.63) is 35.1 Å². The Labute approximate surface area is 97.0 Å². The van der Waals surface area contributed by atoms with E-state index in [-0.39, 0.29) is 11.7 Å². The van der Waals surface area contributed by atoms with Crippen LogP contribution in [0.25, 0.3) is 0 Å². The Hall–Kier alpha value is -1.49. The Morgan fingerprint density at radius 1 is 1.44 bits per heavy atom. The SMILES string of the molecule is O=C1NC(=S)NC12CCc1c(F)cccc12. The lowest BCUT2D eigenvalue weighted by Crippen LogP contribution is -2.41. The molecule has 1 aliphatic carbocycles. The van der Waals surface area contributed by atoms with E-state index < -0.39 is 5.54 Å². The highest BCUT2D eigenvalue weighted by molar-refractivity contribution is 7.80. The molecule has 82 valence electrons. The van der Waals surface area contributed by atoms with Gasteiger partial charge in [-0.25, -0.2) is 4.39 Å². The van der Waals surface area contributed by atoms with Crippen molar-refractivity contribution in [2.75, 3.05) is 0 Å². The Morgan fingerprint density at radius 2 is 2.25 bits per heavy atom. The van der Waals surface area contributed by atoms with Crippen molar-refractivity contribution in [1.82, 2.24) is 10.6 Å². The molecule has 1 aromatic carbocycles. The molecule has 1 unspecified atom stereocenters. The van der Waals surface area contributed by atoms with E-state index in [1.807, 2.05) is 0 Å². The highest BCUT2D eigenvalue weighted by atomic mass is 32.1. The van der Waals surface area contributed by atoms with Gasteiger partial charge in [-0.2, -0.15) is 0 Å². The summed E-state index contributed by atoms with van der Waals surface area (Å²) < 4.78 is 13.6. The van der Waals surface area contributed by atoms with Crippen LogP contribution in [0.2, 0.25) is 0 Å². The number of hydrogen-bond donors (Lipinski definition) is 2. The third kappa shape index (κ3) is 1.06. The number of carbonyl (C=O) groups is 1. The molecule has 2 N–H and O–H groups in total. The van der Waals surface area contributed by atoms with E-state index in [4.69, 9.17) is 12.2 Å². The fourth-order valence-corrected chi connectivity index (χ4v) is 2.78. The van der Waals surface area contributed by atoms with Gasteiger partial charge >= 0.3 is 0 Å². The normalized spacial score (nSPS) is 26.8. The molecular weight excluding hydrogens is 227 g/mol. The first-order valence-electron chi connectivity index (χ1n) is 5.05. The first-order valence-corrected chi connectivity index (χ1v) is 5.46. The molecule has 0 radical (unpaired) electrons. The van der Waals surface area contributed by atoms with Gasteiger partial charge in [0.25, 0.3) is 5.91 Å². The molecule has 1 atom stereocenters. The number of thiocarbonyl (C=S) groups is 1. The Bertz CT molecular complexity index is 517. The Kier molecular flexibility index (Phi) is 1.83. The van der Waals surface area contributed by atoms with Crippen molar-refractivity contribution in [2.24, 2.45) is 0 Å². The first-order chi connectivity index (χ1) is 7.63. The molecule has 1 fully saturated rings. The van der Waals surface area contributed by atoms with E-state index in [9.17, 15) is 9.18 Å². The number of rotatable bonds is 0. The van der Waals surface area contributed by atoms with E-state index in [1.165, 1.54) is 6.07 Å². The van der Waals surface area contributed by atoms with Crippen LogP contribution in [0.15, 0.2) is 18.2 Å². The fourth-order valence-electron chi connectivity index (χ4n) is 2.52. The molecule has 0 saturated carbocycles. The zero-order valence-corrected chi connectivity index (χ0v) is 9.16.